The molecular weight excluding hydrogens is 268 g/mol. The first-order chi connectivity index (χ1) is 8.91. The van der Waals surface area contributed by atoms with E-state index in [9.17, 15) is 13.2 Å². The molecule has 0 aromatic rings. The van der Waals surface area contributed by atoms with E-state index >= 15 is 0 Å². The van der Waals surface area contributed by atoms with Gasteiger partial charge in [-0.1, -0.05) is 6.42 Å². The van der Waals surface area contributed by atoms with E-state index in [1.165, 1.54) is 4.31 Å². The van der Waals surface area contributed by atoms with Gasteiger partial charge >= 0.3 is 0 Å². The monoisotopic (exact) mass is 292 g/mol. The molecule has 1 aliphatic heterocycles. The van der Waals surface area contributed by atoms with Crippen molar-refractivity contribution in [3.63, 3.8) is 0 Å². The molecule has 1 rings (SSSR count). The predicted molar refractivity (Wildman–Crippen MR) is 73.1 cm³/mol. The number of nitrogens with zero attached hydrogens (tertiary/aromatic N) is 2. The van der Waals surface area contributed by atoms with Crippen molar-refractivity contribution in [3.8, 4) is 0 Å². The summed E-state index contributed by atoms with van der Waals surface area (Å²) >= 11 is 0. The van der Waals surface area contributed by atoms with E-state index in [0.29, 0.717) is 32.5 Å². The Balaban J connectivity index is 2.81. The molecule has 19 heavy (non-hydrogen) atoms. The van der Waals surface area contributed by atoms with E-state index in [1.54, 1.807) is 4.90 Å². The summed E-state index contributed by atoms with van der Waals surface area (Å²) in [5.41, 5.74) is 0. The smallest absolute Gasteiger partial charge is 0.241 e. The van der Waals surface area contributed by atoms with Crippen molar-refractivity contribution in [2.75, 3.05) is 32.5 Å². The van der Waals surface area contributed by atoms with E-state index in [4.69, 9.17) is 5.11 Å². The molecule has 1 unspecified atom stereocenters. The molecule has 0 saturated carbocycles. The molecule has 0 aliphatic carbocycles. The molecule has 1 saturated heterocycles. The summed E-state index contributed by atoms with van der Waals surface area (Å²) in [4.78, 5) is 14.1. The molecule has 1 fully saturated rings. The van der Waals surface area contributed by atoms with Gasteiger partial charge in [0.2, 0.25) is 15.9 Å². The second-order valence-electron chi connectivity index (χ2n) is 4.88. The van der Waals surface area contributed by atoms with Gasteiger partial charge in [-0.2, -0.15) is 4.31 Å². The van der Waals surface area contributed by atoms with Crippen LogP contribution in [0.15, 0.2) is 0 Å². The van der Waals surface area contributed by atoms with Crippen molar-refractivity contribution in [2.45, 2.75) is 38.6 Å². The number of carbonyl (C=O) groups is 1. The largest absolute Gasteiger partial charge is 0.396 e. The van der Waals surface area contributed by atoms with Crippen LogP contribution in [0.1, 0.15) is 32.6 Å². The normalized spacial score (nSPS) is 21.3. The average Bonchev–Trinajstić information content (AvgIpc) is 2.38. The Kier molecular flexibility index (Phi) is 6.22. The van der Waals surface area contributed by atoms with Crippen LogP contribution < -0.4 is 0 Å². The average molecular weight is 292 g/mol. The Morgan fingerprint density at radius 2 is 2.11 bits per heavy atom. The van der Waals surface area contributed by atoms with E-state index in [1.807, 2.05) is 6.92 Å². The highest BCUT2D eigenvalue weighted by molar-refractivity contribution is 7.88. The van der Waals surface area contributed by atoms with Gasteiger partial charge in [0, 0.05) is 26.2 Å². The summed E-state index contributed by atoms with van der Waals surface area (Å²) in [5, 5.41) is 8.84. The SMILES string of the molecule is CCN(CCCO)C(=O)C1CCCCN1S(C)(=O)=O. The van der Waals surface area contributed by atoms with Gasteiger partial charge in [0.05, 0.1) is 6.26 Å². The van der Waals surface area contributed by atoms with Crippen LogP contribution in [0, 0.1) is 0 Å². The van der Waals surface area contributed by atoms with Crippen molar-refractivity contribution >= 4 is 15.9 Å². The lowest BCUT2D eigenvalue weighted by Gasteiger charge is -2.35. The van der Waals surface area contributed by atoms with Crippen LogP contribution >= 0.6 is 0 Å². The summed E-state index contributed by atoms with van der Waals surface area (Å²) in [6, 6.07) is -0.567. The van der Waals surface area contributed by atoms with Gasteiger partial charge in [-0.3, -0.25) is 4.79 Å². The Labute approximate surface area is 115 Å². The molecule has 0 bridgehead atoms. The number of likely N-dealkylation sites (N-methyl/N-ethyl adjacent to an activating group) is 1. The molecule has 0 spiro atoms. The molecular formula is C12H24N2O4S. The fraction of sp³-hybridized carbons (Fsp3) is 0.917. The van der Waals surface area contributed by atoms with Crippen molar-refractivity contribution in [1.82, 2.24) is 9.21 Å². The van der Waals surface area contributed by atoms with Gasteiger partial charge in [-0.15, -0.1) is 0 Å². The van der Waals surface area contributed by atoms with Gasteiger partial charge in [0.15, 0.2) is 0 Å². The third kappa shape index (κ3) is 4.43. The third-order valence-electron chi connectivity index (χ3n) is 3.44. The van der Waals surface area contributed by atoms with Gasteiger partial charge in [-0.05, 0) is 26.2 Å². The van der Waals surface area contributed by atoms with E-state index in [2.05, 4.69) is 0 Å². The summed E-state index contributed by atoms with van der Waals surface area (Å²) in [7, 11) is -3.35. The number of piperidine rings is 1. The Morgan fingerprint density at radius 1 is 1.42 bits per heavy atom. The molecule has 0 aromatic heterocycles. The van der Waals surface area contributed by atoms with Crippen LogP contribution in [-0.4, -0.2) is 67.2 Å². The van der Waals surface area contributed by atoms with E-state index in [0.717, 1.165) is 19.1 Å². The van der Waals surface area contributed by atoms with Crippen LogP contribution in [0.3, 0.4) is 0 Å². The molecule has 1 aliphatic rings. The number of amides is 1. The Hall–Kier alpha value is -0.660. The number of sulfonamides is 1. The molecule has 1 amide bonds. The first kappa shape index (κ1) is 16.4. The molecule has 0 aromatic carbocycles. The minimum Gasteiger partial charge on any atom is -0.396 e. The minimum atomic E-state index is -3.35. The Bertz CT molecular complexity index is 397. The standard InChI is InChI=1S/C12H24N2O4S/c1-3-13(8-6-10-15)12(16)11-7-4-5-9-14(11)19(2,17)18/h11,15H,3-10H2,1-2H3. The van der Waals surface area contributed by atoms with Crippen molar-refractivity contribution in [2.24, 2.45) is 0 Å². The van der Waals surface area contributed by atoms with E-state index in [-0.39, 0.29) is 12.5 Å². The number of hydrogen-bond donors (Lipinski definition) is 1. The molecule has 1 atom stereocenters. The van der Waals surface area contributed by atoms with Crippen LogP contribution in [0.25, 0.3) is 0 Å². The zero-order valence-corrected chi connectivity index (χ0v) is 12.5. The first-order valence-electron chi connectivity index (χ1n) is 6.78. The summed E-state index contributed by atoms with van der Waals surface area (Å²) in [5.74, 6) is -0.138. The first-order valence-corrected chi connectivity index (χ1v) is 8.63. The van der Waals surface area contributed by atoms with Gasteiger partial charge in [0.25, 0.3) is 0 Å². The molecule has 6 nitrogen and oxygen atoms in total. The van der Waals surface area contributed by atoms with Gasteiger partial charge in [-0.25, -0.2) is 8.42 Å². The molecule has 112 valence electrons. The third-order valence-corrected chi connectivity index (χ3v) is 4.73. The van der Waals surface area contributed by atoms with E-state index < -0.39 is 16.1 Å². The molecule has 0 radical (unpaired) electrons. The maximum absolute atomic E-state index is 12.4. The van der Waals surface area contributed by atoms with Crippen LogP contribution in [-0.2, 0) is 14.8 Å². The van der Waals surface area contributed by atoms with Crippen LogP contribution in [0.4, 0.5) is 0 Å². The molecule has 1 heterocycles. The molecule has 7 heteroatoms. The highest BCUT2D eigenvalue weighted by atomic mass is 32.2. The lowest BCUT2D eigenvalue weighted by Crippen LogP contribution is -2.52. The second-order valence-corrected chi connectivity index (χ2v) is 6.82. The van der Waals surface area contributed by atoms with Crippen molar-refractivity contribution in [1.29, 1.82) is 0 Å². The number of hydrogen-bond acceptors (Lipinski definition) is 4. The zero-order chi connectivity index (χ0) is 14.5. The lowest BCUT2D eigenvalue weighted by molar-refractivity contribution is -0.136. The fourth-order valence-electron chi connectivity index (χ4n) is 2.45. The van der Waals surface area contributed by atoms with Gasteiger partial charge in [0.1, 0.15) is 6.04 Å². The quantitative estimate of drug-likeness (QED) is 0.749. The lowest BCUT2D eigenvalue weighted by atomic mass is 10.0. The van der Waals surface area contributed by atoms with Crippen molar-refractivity contribution < 1.29 is 18.3 Å². The highest BCUT2D eigenvalue weighted by Crippen LogP contribution is 2.21. The number of aliphatic hydroxyl groups is 1. The predicted octanol–water partition coefficient (Wildman–Crippen LogP) is 0.0314. The number of carbonyl (C=O) groups excluding carboxylic acids is 1. The number of aliphatic hydroxyl groups excluding tert-OH is 1. The maximum Gasteiger partial charge on any atom is 0.241 e. The fourth-order valence-corrected chi connectivity index (χ4v) is 3.56. The number of rotatable bonds is 6. The second kappa shape index (κ2) is 7.21. The van der Waals surface area contributed by atoms with Crippen LogP contribution in [0.2, 0.25) is 0 Å². The summed E-state index contributed by atoms with van der Waals surface area (Å²) in [6.45, 7) is 3.33. The van der Waals surface area contributed by atoms with Gasteiger partial charge < -0.3 is 10.0 Å². The maximum atomic E-state index is 12.4. The zero-order valence-electron chi connectivity index (χ0n) is 11.7. The highest BCUT2D eigenvalue weighted by Gasteiger charge is 2.36. The Morgan fingerprint density at radius 3 is 2.63 bits per heavy atom. The van der Waals surface area contributed by atoms with Crippen LogP contribution in [0.5, 0.6) is 0 Å². The minimum absolute atomic E-state index is 0.0320. The summed E-state index contributed by atoms with van der Waals surface area (Å²) in [6.07, 6.45) is 3.94. The van der Waals surface area contributed by atoms with Crippen molar-refractivity contribution in [3.05, 3.63) is 0 Å². The topological polar surface area (TPSA) is 77.9 Å². The summed E-state index contributed by atoms with van der Waals surface area (Å²) < 4.78 is 24.8. The molecule has 1 N–H and O–H groups in total.